The van der Waals surface area contributed by atoms with Crippen LogP contribution in [0.15, 0.2) is 51.4 Å². The van der Waals surface area contributed by atoms with E-state index in [1.807, 2.05) is 13.0 Å². The Labute approximate surface area is 168 Å². The van der Waals surface area contributed by atoms with Crippen LogP contribution in [-0.4, -0.2) is 25.0 Å². The van der Waals surface area contributed by atoms with Crippen LogP contribution < -0.4 is 20.3 Å². The Morgan fingerprint density at radius 1 is 1.00 bits per heavy atom. The maximum absolute atomic E-state index is 12.2. The van der Waals surface area contributed by atoms with Crippen molar-refractivity contribution in [1.29, 1.82) is 0 Å². The van der Waals surface area contributed by atoms with Gasteiger partial charge in [-0.3, -0.25) is 20.4 Å². The van der Waals surface area contributed by atoms with E-state index < -0.39 is 11.8 Å². The number of ether oxygens (including phenoxy) is 2. The summed E-state index contributed by atoms with van der Waals surface area (Å²) in [5.41, 5.74) is 5.02. The highest BCUT2D eigenvalue weighted by atomic mass is 79.9. The van der Waals surface area contributed by atoms with Crippen LogP contribution in [-0.2, 0) is 4.79 Å². The van der Waals surface area contributed by atoms with Gasteiger partial charge in [0.05, 0.1) is 16.6 Å². The molecular formula is C18H18Br2N2O4. The average Bonchev–Trinajstić information content (AvgIpc) is 2.64. The van der Waals surface area contributed by atoms with Gasteiger partial charge in [0.25, 0.3) is 11.8 Å². The maximum Gasteiger partial charge on any atom is 0.276 e. The lowest BCUT2D eigenvalue weighted by molar-refractivity contribution is -0.123. The fraction of sp³-hybridized carbons (Fsp3) is 0.222. The zero-order chi connectivity index (χ0) is 18.9. The van der Waals surface area contributed by atoms with Gasteiger partial charge in [0.1, 0.15) is 11.5 Å². The molecule has 0 aromatic heterocycles. The summed E-state index contributed by atoms with van der Waals surface area (Å²) in [6.45, 7) is 2.24. The van der Waals surface area contributed by atoms with Gasteiger partial charge < -0.3 is 9.47 Å². The SMILES string of the molecule is CCCOc1ccccc1C(=O)NNC(=O)COc1ccc(Br)cc1Br. The molecule has 0 heterocycles. The van der Waals surface area contributed by atoms with E-state index in [-0.39, 0.29) is 6.61 Å². The molecule has 0 radical (unpaired) electrons. The molecule has 2 aromatic carbocycles. The van der Waals surface area contributed by atoms with Crippen molar-refractivity contribution in [3.05, 3.63) is 57.0 Å². The molecule has 0 atom stereocenters. The number of amides is 2. The van der Waals surface area contributed by atoms with Crippen LogP contribution in [0.25, 0.3) is 0 Å². The van der Waals surface area contributed by atoms with Gasteiger partial charge in [-0.25, -0.2) is 0 Å². The second-order valence-corrected chi connectivity index (χ2v) is 6.98. The summed E-state index contributed by atoms with van der Waals surface area (Å²) in [6, 6.07) is 12.2. The minimum Gasteiger partial charge on any atom is -0.493 e. The second kappa shape index (κ2) is 10.2. The Kier molecular flexibility index (Phi) is 7.93. The number of hydrazine groups is 1. The van der Waals surface area contributed by atoms with Crippen LogP contribution in [0.5, 0.6) is 11.5 Å². The van der Waals surface area contributed by atoms with Crippen molar-refractivity contribution in [3.63, 3.8) is 0 Å². The first-order valence-electron chi connectivity index (χ1n) is 7.90. The first-order chi connectivity index (χ1) is 12.5. The van der Waals surface area contributed by atoms with E-state index in [0.29, 0.717) is 28.1 Å². The van der Waals surface area contributed by atoms with Gasteiger partial charge in [-0.2, -0.15) is 0 Å². The van der Waals surface area contributed by atoms with Gasteiger partial charge in [-0.15, -0.1) is 0 Å². The highest BCUT2D eigenvalue weighted by Gasteiger charge is 2.13. The van der Waals surface area contributed by atoms with E-state index in [1.54, 1.807) is 36.4 Å². The molecule has 2 amide bonds. The summed E-state index contributed by atoms with van der Waals surface area (Å²) in [6.07, 6.45) is 0.829. The number of rotatable bonds is 7. The first-order valence-corrected chi connectivity index (χ1v) is 9.48. The molecular weight excluding hydrogens is 468 g/mol. The van der Waals surface area contributed by atoms with Crippen LogP contribution in [0.1, 0.15) is 23.7 Å². The predicted octanol–water partition coefficient (Wildman–Crippen LogP) is 3.84. The van der Waals surface area contributed by atoms with E-state index in [2.05, 4.69) is 42.7 Å². The minimum absolute atomic E-state index is 0.242. The largest absolute Gasteiger partial charge is 0.493 e. The lowest BCUT2D eigenvalue weighted by Gasteiger charge is -2.12. The third-order valence-electron chi connectivity index (χ3n) is 3.16. The van der Waals surface area contributed by atoms with E-state index >= 15 is 0 Å². The Balaban J connectivity index is 1.86. The zero-order valence-electron chi connectivity index (χ0n) is 14.1. The van der Waals surface area contributed by atoms with Crippen molar-refractivity contribution in [1.82, 2.24) is 10.9 Å². The highest BCUT2D eigenvalue weighted by molar-refractivity contribution is 9.11. The Hall–Kier alpha value is -2.06. The summed E-state index contributed by atoms with van der Waals surface area (Å²) in [4.78, 5) is 24.1. The summed E-state index contributed by atoms with van der Waals surface area (Å²) >= 11 is 6.69. The van der Waals surface area contributed by atoms with Crippen molar-refractivity contribution in [2.45, 2.75) is 13.3 Å². The Morgan fingerprint density at radius 2 is 1.77 bits per heavy atom. The average molecular weight is 486 g/mol. The third-order valence-corrected chi connectivity index (χ3v) is 4.27. The summed E-state index contributed by atoms with van der Waals surface area (Å²) in [5.74, 6) is 0.0409. The van der Waals surface area contributed by atoms with Crippen molar-refractivity contribution < 1.29 is 19.1 Å². The van der Waals surface area contributed by atoms with Crippen LogP contribution >= 0.6 is 31.9 Å². The van der Waals surface area contributed by atoms with Crippen molar-refractivity contribution >= 4 is 43.7 Å². The molecule has 2 N–H and O–H groups in total. The molecule has 0 saturated heterocycles. The molecule has 0 aliphatic heterocycles. The summed E-state index contributed by atoms with van der Waals surface area (Å²) < 4.78 is 12.5. The molecule has 0 unspecified atom stereocenters. The maximum atomic E-state index is 12.2. The van der Waals surface area contributed by atoms with Crippen molar-refractivity contribution in [2.24, 2.45) is 0 Å². The number of hydrogen-bond donors (Lipinski definition) is 2. The molecule has 6 nitrogen and oxygen atoms in total. The number of hydrogen-bond acceptors (Lipinski definition) is 4. The van der Waals surface area contributed by atoms with Gasteiger partial charge in [0.2, 0.25) is 0 Å². The molecule has 8 heteroatoms. The third kappa shape index (κ3) is 6.03. The highest BCUT2D eigenvalue weighted by Crippen LogP contribution is 2.28. The van der Waals surface area contributed by atoms with Crippen LogP contribution in [0.4, 0.5) is 0 Å². The lowest BCUT2D eigenvalue weighted by Crippen LogP contribution is -2.44. The number of carbonyl (C=O) groups excluding carboxylic acids is 2. The van der Waals surface area contributed by atoms with Gasteiger partial charge in [0, 0.05) is 4.47 Å². The lowest BCUT2D eigenvalue weighted by atomic mass is 10.2. The summed E-state index contributed by atoms with van der Waals surface area (Å²) in [5, 5.41) is 0. The molecule has 0 saturated carbocycles. The number of para-hydroxylation sites is 1. The monoisotopic (exact) mass is 484 g/mol. The van der Waals surface area contributed by atoms with Crippen LogP contribution in [0, 0.1) is 0 Å². The van der Waals surface area contributed by atoms with E-state index in [0.717, 1.165) is 10.9 Å². The fourth-order valence-corrected chi connectivity index (χ4v) is 3.12. The van der Waals surface area contributed by atoms with E-state index in [4.69, 9.17) is 9.47 Å². The topological polar surface area (TPSA) is 76.7 Å². The normalized spacial score (nSPS) is 10.1. The second-order valence-electron chi connectivity index (χ2n) is 5.21. The Bertz CT molecular complexity index is 784. The molecule has 2 rings (SSSR count). The first kappa shape index (κ1) is 20.3. The number of carbonyl (C=O) groups is 2. The molecule has 0 bridgehead atoms. The van der Waals surface area contributed by atoms with Crippen LogP contribution in [0.3, 0.4) is 0 Å². The quantitative estimate of drug-likeness (QED) is 0.584. The number of nitrogens with one attached hydrogen (secondary N) is 2. The standard InChI is InChI=1S/C18H18Br2N2O4/c1-2-9-25-15-6-4-3-5-13(15)18(24)22-21-17(23)11-26-16-8-7-12(19)10-14(16)20/h3-8,10H,2,9,11H2,1H3,(H,21,23)(H,22,24). The number of halogens is 2. The van der Waals surface area contributed by atoms with Gasteiger partial charge in [-0.1, -0.05) is 35.0 Å². The summed E-state index contributed by atoms with van der Waals surface area (Å²) in [7, 11) is 0. The molecule has 0 fully saturated rings. The molecule has 138 valence electrons. The molecule has 26 heavy (non-hydrogen) atoms. The van der Waals surface area contributed by atoms with Gasteiger partial charge >= 0.3 is 0 Å². The molecule has 2 aromatic rings. The molecule has 0 aliphatic carbocycles. The van der Waals surface area contributed by atoms with Gasteiger partial charge in [-0.05, 0) is 52.7 Å². The van der Waals surface area contributed by atoms with Crippen molar-refractivity contribution in [3.8, 4) is 11.5 Å². The minimum atomic E-state index is -0.486. The smallest absolute Gasteiger partial charge is 0.276 e. The predicted molar refractivity (Wildman–Crippen MR) is 105 cm³/mol. The van der Waals surface area contributed by atoms with Crippen molar-refractivity contribution in [2.75, 3.05) is 13.2 Å². The van der Waals surface area contributed by atoms with E-state index in [1.165, 1.54) is 0 Å². The molecule has 0 spiro atoms. The fourth-order valence-electron chi connectivity index (χ4n) is 1.96. The molecule has 0 aliphatic rings. The zero-order valence-corrected chi connectivity index (χ0v) is 17.2. The van der Waals surface area contributed by atoms with Crippen LogP contribution in [0.2, 0.25) is 0 Å². The van der Waals surface area contributed by atoms with Gasteiger partial charge in [0.15, 0.2) is 6.61 Å². The Morgan fingerprint density at radius 3 is 2.50 bits per heavy atom. The van der Waals surface area contributed by atoms with E-state index in [9.17, 15) is 9.59 Å². The number of benzene rings is 2.